The SMILES string of the molecule is Cc1c(F)cccc1[C@@]1(C(=O)NO)C=C(c2ccnc(C(F)(F)F)c2)CC1. The molecule has 0 bridgehead atoms. The van der Waals surface area contributed by atoms with Crippen LogP contribution in [0.25, 0.3) is 5.57 Å². The van der Waals surface area contributed by atoms with E-state index in [2.05, 4.69) is 4.98 Å². The molecule has 0 fully saturated rings. The van der Waals surface area contributed by atoms with E-state index in [-0.39, 0.29) is 24.0 Å². The number of hydroxylamine groups is 1. The molecule has 0 aliphatic heterocycles. The summed E-state index contributed by atoms with van der Waals surface area (Å²) in [5.41, 5.74) is 0.558. The smallest absolute Gasteiger partial charge is 0.289 e. The molecule has 27 heavy (non-hydrogen) atoms. The van der Waals surface area contributed by atoms with E-state index < -0.39 is 29.0 Å². The highest BCUT2D eigenvalue weighted by Gasteiger charge is 2.43. The maximum absolute atomic E-state index is 14.0. The van der Waals surface area contributed by atoms with Crippen LogP contribution in [0.1, 0.15) is 35.2 Å². The first-order valence-corrected chi connectivity index (χ1v) is 8.14. The number of carbonyl (C=O) groups excluding carboxylic acids is 1. The normalized spacial score (nSPS) is 19.7. The number of rotatable bonds is 3. The first-order valence-electron chi connectivity index (χ1n) is 8.14. The lowest BCUT2D eigenvalue weighted by Crippen LogP contribution is -2.41. The summed E-state index contributed by atoms with van der Waals surface area (Å²) in [5.74, 6) is -1.28. The first-order chi connectivity index (χ1) is 12.7. The van der Waals surface area contributed by atoms with Crippen molar-refractivity contribution < 1.29 is 27.6 Å². The molecular formula is C19H16F4N2O2. The topological polar surface area (TPSA) is 62.2 Å². The molecule has 4 nitrogen and oxygen atoms in total. The predicted molar refractivity (Wildman–Crippen MR) is 89.2 cm³/mol. The molecule has 8 heteroatoms. The molecular weight excluding hydrogens is 364 g/mol. The molecule has 1 aromatic heterocycles. The number of halogens is 4. The Morgan fingerprint density at radius 2 is 2.04 bits per heavy atom. The quantitative estimate of drug-likeness (QED) is 0.477. The molecule has 3 rings (SSSR count). The molecule has 1 aliphatic rings. The van der Waals surface area contributed by atoms with E-state index in [4.69, 9.17) is 0 Å². The van der Waals surface area contributed by atoms with Gasteiger partial charge >= 0.3 is 6.18 Å². The van der Waals surface area contributed by atoms with E-state index in [1.54, 1.807) is 11.5 Å². The zero-order valence-electron chi connectivity index (χ0n) is 14.3. The number of alkyl halides is 3. The van der Waals surface area contributed by atoms with Crippen molar-refractivity contribution in [3.8, 4) is 0 Å². The Kier molecular flexibility index (Phi) is 4.77. The maximum atomic E-state index is 14.0. The monoisotopic (exact) mass is 380 g/mol. The van der Waals surface area contributed by atoms with Gasteiger partial charge in [-0.2, -0.15) is 13.2 Å². The molecule has 2 N–H and O–H groups in total. The summed E-state index contributed by atoms with van der Waals surface area (Å²) in [6.45, 7) is 1.51. The Bertz CT molecular complexity index is 924. The fourth-order valence-corrected chi connectivity index (χ4v) is 3.49. The second-order valence-corrected chi connectivity index (χ2v) is 6.42. The Labute approximate surface area is 152 Å². The maximum Gasteiger partial charge on any atom is 0.433 e. The highest BCUT2D eigenvalue weighted by atomic mass is 19.4. The van der Waals surface area contributed by atoms with Crippen LogP contribution in [0.4, 0.5) is 17.6 Å². The number of allylic oxidation sites excluding steroid dienone is 1. The van der Waals surface area contributed by atoms with Crippen LogP contribution in [0.3, 0.4) is 0 Å². The van der Waals surface area contributed by atoms with Crippen LogP contribution in [0, 0.1) is 12.7 Å². The summed E-state index contributed by atoms with van der Waals surface area (Å²) >= 11 is 0. The minimum Gasteiger partial charge on any atom is -0.289 e. The van der Waals surface area contributed by atoms with Gasteiger partial charge in [0.15, 0.2) is 0 Å². The van der Waals surface area contributed by atoms with Crippen LogP contribution in [-0.2, 0) is 16.4 Å². The third-order valence-electron chi connectivity index (χ3n) is 4.89. The zero-order chi connectivity index (χ0) is 19.8. The van der Waals surface area contributed by atoms with E-state index in [1.165, 1.54) is 31.2 Å². The Hall–Kier alpha value is -2.74. The van der Waals surface area contributed by atoms with E-state index in [0.29, 0.717) is 11.1 Å². The van der Waals surface area contributed by atoms with Crippen molar-refractivity contribution in [3.05, 3.63) is 70.8 Å². The first kappa shape index (κ1) is 19.0. The summed E-state index contributed by atoms with van der Waals surface area (Å²) in [6.07, 6.45) is -1.57. The summed E-state index contributed by atoms with van der Waals surface area (Å²) < 4.78 is 52.8. The summed E-state index contributed by atoms with van der Waals surface area (Å²) in [7, 11) is 0. The van der Waals surface area contributed by atoms with Gasteiger partial charge in [-0.1, -0.05) is 18.2 Å². The molecule has 1 amide bonds. The third kappa shape index (κ3) is 3.32. The second kappa shape index (κ2) is 6.77. The van der Waals surface area contributed by atoms with Gasteiger partial charge in [0, 0.05) is 6.20 Å². The lowest BCUT2D eigenvalue weighted by molar-refractivity contribution is -0.141. The standard InChI is InChI=1S/C19H16F4N2O2/c1-11-14(3-2-4-15(11)20)18(17(26)25-27)7-5-13(10-18)12-6-8-24-16(9-12)19(21,22)23/h2-4,6,8-10,27H,5,7H2,1H3,(H,25,26)/t18-/m0/s1. The number of nitrogens with one attached hydrogen (secondary N) is 1. The molecule has 1 aliphatic carbocycles. The molecule has 0 spiro atoms. The van der Waals surface area contributed by atoms with Crippen LogP contribution in [0.2, 0.25) is 0 Å². The summed E-state index contributed by atoms with van der Waals surface area (Å²) in [5, 5.41) is 9.21. The molecule has 142 valence electrons. The minimum absolute atomic E-state index is 0.183. The van der Waals surface area contributed by atoms with Crippen LogP contribution in [-0.4, -0.2) is 16.1 Å². The molecule has 1 heterocycles. The van der Waals surface area contributed by atoms with Crippen LogP contribution in [0.5, 0.6) is 0 Å². The van der Waals surface area contributed by atoms with Crippen LogP contribution >= 0.6 is 0 Å². The van der Waals surface area contributed by atoms with Gasteiger partial charge in [0.05, 0.1) is 5.41 Å². The fourth-order valence-electron chi connectivity index (χ4n) is 3.49. The average Bonchev–Trinajstić information content (AvgIpc) is 3.09. The molecule has 0 saturated heterocycles. The number of hydrogen-bond acceptors (Lipinski definition) is 3. The van der Waals surface area contributed by atoms with Gasteiger partial charge in [0.25, 0.3) is 5.91 Å². The summed E-state index contributed by atoms with van der Waals surface area (Å²) in [4.78, 5) is 15.8. The van der Waals surface area contributed by atoms with Crippen molar-refractivity contribution >= 4 is 11.5 Å². The summed E-state index contributed by atoms with van der Waals surface area (Å²) in [6, 6.07) is 6.61. The lowest BCUT2D eigenvalue weighted by Gasteiger charge is -2.27. The van der Waals surface area contributed by atoms with Gasteiger partial charge in [0.1, 0.15) is 11.5 Å². The van der Waals surface area contributed by atoms with Gasteiger partial charge in [0.2, 0.25) is 0 Å². The van der Waals surface area contributed by atoms with Crippen molar-refractivity contribution in [2.75, 3.05) is 0 Å². The number of pyridine rings is 1. The van der Waals surface area contributed by atoms with Gasteiger partial charge in [-0.25, -0.2) is 9.87 Å². The van der Waals surface area contributed by atoms with Crippen LogP contribution < -0.4 is 5.48 Å². The van der Waals surface area contributed by atoms with Gasteiger partial charge in [-0.3, -0.25) is 15.0 Å². The lowest BCUT2D eigenvalue weighted by atomic mass is 9.77. The molecule has 0 unspecified atom stereocenters. The number of amides is 1. The average molecular weight is 380 g/mol. The Morgan fingerprint density at radius 3 is 2.70 bits per heavy atom. The highest BCUT2D eigenvalue weighted by molar-refractivity contribution is 5.94. The molecule has 0 radical (unpaired) electrons. The number of aromatic nitrogens is 1. The largest absolute Gasteiger partial charge is 0.433 e. The van der Waals surface area contributed by atoms with Crippen LogP contribution in [0.15, 0.2) is 42.6 Å². The Morgan fingerprint density at radius 1 is 1.30 bits per heavy atom. The molecule has 2 aromatic rings. The number of nitrogens with zero attached hydrogens (tertiary/aromatic N) is 1. The van der Waals surface area contributed by atoms with Crippen molar-refractivity contribution in [1.82, 2.24) is 10.5 Å². The van der Waals surface area contributed by atoms with Gasteiger partial charge in [-0.05, 0) is 60.2 Å². The predicted octanol–water partition coefficient (Wildman–Crippen LogP) is 4.17. The molecule has 1 atom stereocenters. The number of benzene rings is 1. The van der Waals surface area contributed by atoms with Crippen molar-refractivity contribution in [2.24, 2.45) is 0 Å². The minimum atomic E-state index is -4.59. The molecule has 0 saturated carbocycles. The van der Waals surface area contributed by atoms with Crippen molar-refractivity contribution in [1.29, 1.82) is 0 Å². The third-order valence-corrected chi connectivity index (χ3v) is 4.89. The highest BCUT2D eigenvalue weighted by Crippen LogP contribution is 2.45. The zero-order valence-corrected chi connectivity index (χ0v) is 14.3. The molecule has 1 aromatic carbocycles. The van der Waals surface area contributed by atoms with E-state index >= 15 is 0 Å². The fraction of sp³-hybridized carbons (Fsp3) is 0.263. The van der Waals surface area contributed by atoms with Crippen molar-refractivity contribution in [2.45, 2.75) is 31.4 Å². The number of hydrogen-bond donors (Lipinski definition) is 2. The number of carbonyl (C=O) groups is 1. The van der Waals surface area contributed by atoms with Gasteiger partial charge in [-0.15, -0.1) is 0 Å². The van der Waals surface area contributed by atoms with E-state index in [1.807, 2.05) is 0 Å². The van der Waals surface area contributed by atoms with Gasteiger partial charge < -0.3 is 0 Å². The van der Waals surface area contributed by atoms with E-state index in [9.17, 15) is 27.6 Å². The second-order valence-electron chi connectivity index (χ2n) is 6.42. The van der Waals surface area contributed by atoms with Crippen molar-refractivity contribution in [3.63, 3.8) is 0 Å². The Balaban J connectivity index is 2.13. The van der Waals surface area contributed by atoms with E-state index in [0.717, 1.165) is 12.3 Å².